The Morgan fingerprint density at radius 2 is 2.29 bits per heavy atom. The van der Waals surface area contributed by atoms with Gasteiger partial charge in [-0.15, -0.1) is 9.94 Å². The average molecular weight is 210 g/mol. The summed E-state index contributed by atoms with van der Waals surface area (Å²) >= 11 is 1.57. The average Bonchev–Trinajstić information content (AvgIpc) is 2.69. The van der Waals surface area contributed by atoms with Gasteiger partial charge in [0, 0.05) is 10.9 Å². The van der Waals surface area contributed by atoms with E-state index in [1.165, 1.54) is 6.20 Å². The summed E-state index contributed by atoms with van der Waals surface area (Å²) in [6.07, 6.45) is 1.51. The lowest BCUT2D eigenvalue weighted by Gasteiger charge is -2.00. The summed E-state index contributed by atoms with van der Waals surface area (Å²) in [7, 11) is -1.86. The molecular formula is C7H7BN2O3S. The van der Waals surface area contributed by atoms with Crippen LogP contribution in [0.1, 0.15) is 0 Å². The lowest BCUT2D eigenvalue weighted by molar-refractivity contribution is 0.141. The zero-order valence-corrected chi connectivity index (χ0v) is 7.89. The molecule has 14 heavy (non-hydrogen) atoms. The first-order valence-electron chi connectivity index (χ1n) is 3.87. The van der Waals surface area contributed by atoms with Gasteiger partial charge >= 0.3 is 7.32 Å². The first-order valence-corrected chi connectivity index (χ1v) is 4.81. The van der Waals surface area contributed by atoms with E-state index in [1.807, 2.05) is 16.8 Å². The molecule has 2 aromatic rings. The van der Waals surface area contributed by atoms with Crippen molar-refractivity contribution in [3.05, 3.63) is 29.1 Å². The Balaban J connectivity index is 2.18. The Labute approximate surface area is 84.3 Å². The van der Waals surface area contributed by atoms with E-state index in [0.717, 1.165) is 16.1 Å². The molecule has 0 aliphatic heterocycles. The summed E-state index contributed by atoms with van der Waals surface area (Å²) < 4.78 is 4.51. The highest BCUT2D eigenvalue weighted by atomic mass is 32.1. The summed E-state index contributed by atoms with van der Waals surface area (Å²) in [5, 5.41) is 24.9. The number of rotatable bonds is 3. The topological polar surface area (TPSA) is 67.5 Å². The molecule has 2 N–H and O–H groups in total. The standard InChI is InChI=1S/C7H7BN2O3S/c11-8(12)13-10-3-1-7(9-10)6-2-4-14-5-6/h1-5,11-12H. The quantitative estimate of drug-likeness (QED) is 0.700. The van der Waals surface area contributed by atoms with Gasteiger partial charge in [0.1, 0.15) is 0 Å². The SMILES string of the molecule is OB(O)On1ccc(-c2ccsc2)n1. The molecule has 2 aromatic heterocycles. The third kappa shape index (κ3) is 1.95. The summed E-state index contributed by atoms with van der Waals surface area (Å²) in [5.41, 5.74) is 1.71. The molecule has 0 fully saturated rings. The summed E-state index contributed by atoms with van der Waals surface area (Å²) in [6.45, 7) is 0. The molecule has 0 aromatic carbocycles. The van der Waals surface area contributed by atoms with Gasteiger partial charge in [0.25, 0.3) is 0 Å². The van der Waals surface area contributed by atoms with E-state index in [-0.39, 0.29) is 0 Å². The second kappa shape index (κ2) is 3.83. The van der Waals surface area contributed by atoms with Gasteiger partial charge in [0.15, 0.2) is 0 Å². The molecular weight excluding hydrogens is 203 g/mol. The first kappa shape index (κ1) is 9.26. The maximum Gasteiger partial charge on any atom is 0.729 e. The second-order valence-electron chi connectivity index (χ2n) is 2.55. The van der Waals surface area contributed by atoms with Crippen LogP contribution in [0.2, 0.25) is 0 Å². The van der Waals surface area contributed by atoms with Crippen molar-refractivity contribution < 1.29 is 14.8 Å². The summed E-state index contributed by atoms with van der Waals surface area (Å²) in [5.74, 6) is 0. The predicted molar refractivity (Wildman–Crippen MR) is 52.3 cm³/mol. The van der Waals surface area contributed by atoms with Crippen molar-refractivity contribution in [2.75, 3.05) is 0 Å². The zero-order chi connectivity index (χ0) is 9.97. The maximum absolute atomic E-state index is 8.52. The Morgan fingerprint density at radius 1 is 1.43 bits per heavy atom. The monoisotopic (exact) mass is 210 g/mol. The van der Waals surface area contributed by atoms with Crippen LogP contribution in [-0.2, 0) is 0 Å². The van der Waals surface area contributed by atoms with Crippen LogP contribution in [0.15, 0.2) is 29.1 Å². The largest absolute Gasteiger partial charge is 0.729 e. The predicted octanol–water partition coefficient (Wildman–Crippen LogP) is 0.00970. The minimum absolute atomic E-state index is 0.729. The number of hydrogen-bond acceptors (Lipinski definition) is 5. The Hall–Kier alpha value is -1.31. The number of nitrogens with zero attached hydrogens (tertiary/aromatic N) is 2. The third-order valence-electron chi connectivity index (χ3n) is 1.59. The molecule has 0 aliphatic carbocycles. The van der Waals surface area contributed by atoms with Gasteiger partial charge in [-0.05, 0) is 17.5 Å². The van der Waals surface area contributed by atoms with Gasteiger partial charge in [0.2, 0.25) is 0 Å². The summed E-state index contributed by atoms with van der Waals surface area (Å²) in [6, 6.07) is 3.65. The lowest BCUT2D eigenvalue weighted by Crippen LogP contribution is -2.29. The number of aromatic nitrogens is 2. The van der Waals surface area contributed by atoms with Crippen molar-refractivity contribution in [3.8, 4) is 11.3 Å². The molecule has 0 unspecified atom stereocenters. The van der Waals surface area contributed by atoms with Crippen molar-refractivity contribution in [3.63, 3.8) is 0 Å². The molecule has 7 heteroatoms. The van der Waals surface area contributed by atoms with Crippen LogP contribution < -0.4 is 4.76 Å². The van der Waals surface area contributed by atoms with Crippen LogP contribution in [0.5, 0.6) is 0 Å². The van der Waals surface area contributed by atoms with Crippen molar-refractivity contribution in [1.82, 2.24) is 9.94 Å². The third-order valence-corrected chi connectivity index (χ3v) is 2.27. The van der Waals surface area contributed by atoms with E-state index in [1.54, 1.807) is 17.4 Å². The highest BCUT2D eigenvalue weighted by Crippen LogP contribution is 2.19. The molecule has 0 saturated carbocycles. The van der Waals surface area contributed by atoms with Crippen LogP contribution >= 0.6 is 11.3 Å². The Bertz CT molecular complexity index is 401. The van der Waals surface area contributed by atoms with Crippen molar-refractivity contribution in [1.29, 1.82) is 0 Å². The molecule has 0 radical (unpaired) electrons. The second-order valence-corrected chi connectivity index (χ2v) is 3.33. The van der Waals surface area contributed by atoms with Crippen LogP contribution in [0.4, 0.5) is 0 Å². The number of hydrogen-bond donors (Lipinski definition) is 2. The van der Waals surface area contributed by atoms with Gasteiger partial charge in [-0.1, -0.05) is 0 Å². The molecule has 2 heterocycles. The maximum atomic E-state index is 8.52. The van der Waals surface area contributed by atoms with Crippen molar-refractivity contribution in [2.45, 2.75) is 0 Å². The fourth-order valence-electron chi connectivity index (χ4n) is 1.03. The van der Waals surface area contributed by atoms with Crippen LogP contribution in [-0.4, -0.2) is 27.3 Å². The minimum Gasteiger partial charge on any atom is -0.405 e. The minimum atomic E-state index is -1.86. The highest BCUT2D eigenvalue weighted by molar-refractivity contribution is 7.08. The molecule has 2 rings (SSSR count). The van der Waals surface area contributed by atoms with E-state index in [2.05, 4.69) is 9.85 Å². The van der Waals surface area contributed by atoms with Gasteiger partial charge in [-0.25, -0.2) is 0 Å². The van der Waals surface area contributed by atoms with Crippen LogP contribution in [0.25, 0.3) is 11.3 Å². The van der Waals surface area contributed by atoms with Crippen molar-refractivity contribution in [2.24, 2.45) is 0 Å². The molecule has 0 aliphatic rings. The van der Waals surface area contributed by atoms with E-state index in [0.29, 0.717) is 0 Å². The van der Waals surface area contributed by atoms with E-state index in [4.69, 9.17) is 10.0 Å². The van der Waals surface area contributed by atoms with E-state index < -0.39 is 7.32 Å². The smallest absolute Gasteiger partial charge is 0.405 e. The van der Waals surface area contributed by atoms with Gasteiger partial charge in [-0.2, -0.15) is 11.3 Å². The molecule has 0 saturated heterocycles. The fraction of sp³-hybridized carbons (Fsp3) is 0. The Morgan fingerprint density at radius 3 is 2.93 bits per heavy atom. The molecule has 0 amide bonds. The lowest BCUT2D eigenvalue weighted by atomic mass is 10.2. The van der Waals surface area contributed by atoms with Crippen molar-refractivity contribution >= 4 is 18.7 Å². The van der Waals surface area contributed by atoms with Crippen LogP contribution in [0, 0.1) is 0 Å². The Kier molecular flexibility index (Phi) is 2.53. The molecule has 5 nitrogen and oxygen atoms in total. The molecule has 72 valence electrons. The molecule has 0 bridgehead atoms. The van der Waals surface area contributed by atoms with E-state index in [9.17, 15) is 0 Å². The van der Waals surface area contributed by atoms with Gasteiger partial charge in [0.05, 0.1) is 11.9 Å². The normalized spacial score (nSPS) is 10.1. The zero-order valence-electron chi connectivity index (χ0n) is 7.07. The molecule has 0 atom stereocenters. The summed E-state index contributed by atoms with van der Waals surface area (Å²) in [4.78, 5) is 1.01. The van der Waals surface area contributed by atoms with E-state index >= 15 is 0 Å². The highest BCUT2D eigenvalue weighted by Gasteiger charge is 2.12. The van der Waals surface area contributed by atoms with Crippen LogP contribution in [0.3, 0.4) is 0 Å². The fourth-order valence-corrected chi connectivity index (χ4v) is 1.68. The molecule has 0 spiro atoms. The van der Waals surface area contributed by atoms with Gasteiger partial charge in [-0.3, -0.25) is 0 Å². The van der Waals surface area contributed by atoms with Gasteiger partial charge < -0.3 is 14.8 Å². The number of thiophene rings is 1. The first-order chi connectivity index (χ1) is 6.75.